The fourth-order valence-corrected chi connectivity index (χ4v) is 3.03. The third-order valence-corrected chi connectivity index (χ3v) is 4.65. The molecule has 0 spiro atoms. The molecule has 6 nitrogen and oxygen atoms in total. The van der Waals surface area contributed by atoms with Crippen molar-refractivity contribution >= 4 is 22.9 Å². The third-order valence-electron chi connectivity index (χ3n) is 3.82. The molecule has 0 fully saturated rings. The number of thiazole rings is 1. The first kappa shape index (κ1) is 18.7. The molecule has 3 rings (SSSR count). The lowest BCUT2D eigenvalue weighted by Gasteiger charge is -2.10. The van der Waals surface area contributed by atoms with Gasteiger partial charge in [-0.05, 0) is 31.2 Å². The van der Waals surface area contributed by atoms with Crippen molar-refractivity contribution < 1.29 is 19.0 Å². The summed E-state index contributed by atoms with van der Waals surface area (Å²) in [4.78, 5) is 16.8. The summed E-state index contributed by atoms with van der Waals surface area (Å²) in [5.74, 6) is 1.62. The summed E-state index contributed by atoms with van der Waals surface area (Å²) in [6.07, 6.45) is 0. The minimum atomic E-state index is -0.309. The first-order valence-electron chi connectivity index (χ1n) is 8.26. The normalized spacial score (nSPS) is 10.3. The molecule has 140 valence electrons. The number of nitrogens with zero attached hydrogens (tertiary/aromatic N) is 1. The van der Waals surface area contributed by atoms with Crippen LogP contribution in [0.1, 0.15) is 21.1 Å². The summed E-state index contributed by atoms with van der Waals surface area (Å²) in [5, 5.41) is 5.24. The van der Waals surface area contributed by atoms with E-state index in [0.29, 0.717) is 29.5 Å². The van der Waals surface area contributed by atoms with Gasteiger partial charge in [-0.25, -0.2) is 4.98 Å². The molecule has 1 heterocycles. The SMILES string of the molecule is COc1ccc(NC(=O)c2csc(COc3ccc(C)cc3)n2)c(OC)c1. The van der Waals surface area contributed by atoms with Gasteiger partial charge < -0.3 is 19.5 Å². The van der Waals surface area contributed by atoms with Gasteiger partial charge in [-0.1, -0.05) is 17.7 Å². The number of hydrogen-bond acceptors (Lipinski definition) is 6. The Morgan fingerprint density at radius 3 is 2.52 bits per heavy atom. The van der Waals surface area contributed by atoms with Crippen LogP contribution in [0.25, 0.3) is 0 Å². The molecular formula is C20H20N2O4S. The van der Waals surface area contributed by atoms with Gasteiger partial charge >= 0.3 is 0 Å². The quantitative estimate of drug-likeness (QED) is 0.658. The van der Waals surface area contributed by atoms with Crippen molar-refractivity contribution in [1.29, 1.82) is 0 Å². The molecule has 1 amide bonds. The first-order valence-corrected chi connectivity index (χ1v) is 9.14. The molecule has 0 unspecified atom stereocenters. The molecule has 1 aromatic heterocycles. The Morgan fingerprint density at radius 2 is 1.81 bits per heavy atom. The van der Waals surface area contributed by atoms with Crippen LogP contribution >= 0.6 is 11.3 Å². The Labute approximate surface area is 161 Å². The number of amides is 1. The number of rotatable bonds is 7. The van der Waals surface area contributed by atoms with E-state index in [1.165, 1.54) is 24.0 Å². The van der Waals surface area contributed by atoms with Crippen LogP contribution in [0.2, 0.25) is 0 Å². The molecule has 0 aliphatic carbocycles. The third kappa shape index (κ3) is 4.77. The van der Waals surface area contributed by atoms with Gasteiger partial charge in [0.2, 0.25) is 0 Å². The number of methoxy groups -OCH3 is 2. The van der Waals surface area contributed by atoms with Gasteiger partial charge in [-0.3, -0.25) is 4.79 Å². The van der Waals surface area contributed by atoms with Crippen molar-refractivity contribution in [2.75, 3.05) is 19.5 Å². The van der Waals surface area contributed by atoms with Crippen molar-refractivity contribution in [1.82, 2.24) is 4.98 Å². The molecule has 27 heavy (non-hydrogen) atoms. The van der Waals surface area contributed by atoms with E-state index in [0.717, 1.165) is 10.8 Å². The molecule has 3 aromatic rings. The lowest BCUT2D eigenvalue weighted by atomic mass is 10.2. The number of aryl methyl sites for hydroxylation is 1. The van der Waals surface area contributed by atoms with E-state index < -0.39 is 0 Å². The van der Waals surface area contributed by atoms with Crippen LogP contribution in [0.15, 0.2) is 47.8 Å². The summed E-state index contributed by atoms with van der Waals surface area (Å²) >= 11 is 1.38. The van der Waals surface area contributed by atoms with E-state index in [4.69, 9.17) is 14.2 Å². The van der Waals surface area contributed by atoms with Crippen LogP contribution in [0, 0.1) is 6.92 Å². The van der Waals surface area contributed by atoms with Gasteiger partial charge in [0.05, 0.1) is 19.9 Å². The van der Waals surface area contributed by atoms with Crippen molar-refractivity contribution in [3.8, 4) is 17.2 Å². The van der Waals surface area contributed by atoms with Crippen LogP contribution in [0.3, 0.4) is 0 Å². The van der Waals surface area contributed by atoms with Gasteiger partial charge in [0.25, 0.3) is 5.91 Å². The highest BCUT2D eigenvalue weighted by Crippen LogP contribution is 2.29. The standard InChI is InChI=1S/C20H20N2O4S/c1-13-4-6-14(7-5-13)26-11-19-21-17(12-27-19)20(23)22-16-9-8-15(24-2)10-18(16)25-3/h4-10,12H,11H2,1-3H3,(H,22,23). The Hall–Kier alpha value is -3.06. The highest BCUT2D eigenvalue weighted by molar-refractivity contribution is 7.09. The van der Waals surface area contributed by atoms with Crippen molar-refractivity contribution in [3.63, 3.8) is 0 Å². The van der Waals surface area contributed by atoms with Crippen molar-refractivity contribution in [2.45, 2.75) is 13.5 Å². The second kappa shape index (κ2) is 8.55. The summed E-state index contributed by atoms with van der Waals surface area (Å²) < 4.78 is 16.2. The maximum atomic E-state index is 12.5. The van der Waals surface area contributed by atoms with E-state index >= 15 is 0 Å². The zero-order chi connectivity index (χ0) is 19.2. The monoisotopic (exact) mass is 384 g/mol. The highest BCUT2D eigenvalue weighted by atomic mass is 32.1. The Bertz CT molecular complexity index is 922. The predicted molar refractivity (Wildman–Crippen MR) is 105 cm³/mol. The molecule has 0 radical (unpaired) electrons. The zero-order valence-corrected chi connectivity index (χ0v) is 16.1. The first-order chi connectivity index (χ1) is 13.1. The molecule has 0 aliphatic rings. The van der Waals surface area contributed by atoms with Gasteiger partial charge in [-0.15, -0.1) is 11.3 Å². The number of ether oxygens (including phenoxy) is 3. The number of carbonyl (C=O) groups is 1. The number of nitrogens with one attached hydrogen (secondary N) is 1. The summed E-state index contributed by atoms with van der Waals surface area (Å²) in [7, 11) is 3.11. The number of aromatic nitrogens is 1. The molecule has 0 atom stereocenters. The Morgan fingerprint density at radius 1 is 1.07 bits per heavy atom. The molecule has 1 N–H and O–H groups in total. The number of carbonyl (C=O) groups excluding carboxylic acids is 1. The van der Waals surface area contributed by atoms with Crippen LogP contribution in [0.5, 0.6) is 17.2 Å². The summed E-state index contributed by atoms with van der Waals surface area (Å²) in [6.45, 7) is 2.33. The topological polar surface area (TPSA) is 69.7 Å². The molecule has 0 saturated carbocycles. The van der Waals surface area contributed by atoms with Crippen LogP contribution in [-0.4, -0.2) is 25.1 Å². The van der Waals surface area contributed by atoms with E-state index in [2.05, 4.69) is 10.3 Å². The van der Waals surface area contributed by atoms with Gasteiger partial charge in [0, 0.05) is 11.4 Å². The van der Waals surface area contributed by atoms with Crippen LogP contribution < -0.4 is 19.5 Å². The molecule has 7 heteroatoms. The number of benzene rings is 2. The van der Waals surface area contributed by atoms with E-state index in [1.54, 1.807) is 30.7 Å². The van der Waals surface area contributed by atoms with Crippen molar-refractivity contribution in [3.05, 3.63) is 64.1 Å². The fourth-order valence-electron chi connectivity index (χ4n) is 2.35. The van der Waals surface area contributed by atoms with Crippen LogP contribution in [-0.2, 0) is 6.61 Å². The number of hydrogen-bond donors (Lipinski definition) is 1. The lowest BCUT2D eigenvalue weighted by Crippen LogP contribution is -2.13. The van der Waals surface area contributed by atoms with Crippen molar-refractivity contribution in [2.24, 2.45) is 0 Å². The van der Waals surface area contributed by atoms with E-state index in [1.807, 2.05) is 31.2 Å². The smallest absolute Gasteiger partial charge is 0.275 e. The largest absolute Gasteiger partial charge is 0.497 e. The highest BCUT2D eigenvalue weighted by Gasteiger charge is 2.14. The molecule has 0 bridgehead atoms. The van der Waals surface area contributed by atoms with Gasteiger partial charge in [-0.2, -0.15) is 0 Å². The minimum absolute atomic E-state index is 0.309. The Kier molecular flexibility index (Phi) is 5.93. The summed E-state index contributed by atoms with van der Waals surface area (Å²) in [5.41, 5.74) is 2.05. The van der Waals surface area contributed by atoms with Gasteiger partial charge in [0.15, 0.2) is 0 Å². The fraction of sp³-hybridized carbons (Fsp3) is 0.200. The second-order valence-corrected chi connectivity index (χ2v) is 6.69. The average Bonchev–Trinajstić information content (AvgIpc) is 3.17. The minimum Gasteiger partial charge on any atom is -0.497 e. The van der Waals surface area contributed by atoms with E-state index in [9.17, 15) is 4.79 Å². The lowest BCUT2D eigenvalue weighted by molar-refractivity contribution is 0.102. The zero-order valence-electron chi connectivity index (χ0n) is 15.3. The molecular weight excluding hydrogens is 364 g/mol. The molecule has 0 saturated heterocycles. The average molecular weight is 384 g/mol. The number of anilines is 1. The van der Waals surface area contributed by atoms with Crippen LogP contribution in [0.4, 0.5) is 5.69 Å². The summed E-state index contributed by atoms with van der Waals surface area (Å²) in [6, 6.07) is 13.0. The van der Waals surface area contributed by atoms with Gasteiger partial charge in [0.1, 0.15) is 34.6 Å². The Balaban J connectivity index is 1.63. The second-order valence-electron chi connectivity index (χ2n) is 5.75. The maximum Gasteiger partial charge on any atom is 0.275 e. The predicted octanol–water partition coefficient (Wildman–Crippen LogP) is 4.30. The molecule has 0 aliphatic heterocycles. The maximum absolute atomic E-state index is 12.5. The van der Waals surface area contributed by atoms with E-state index in [-0.39, 0.29) is 5.91 Å². The molecule has 2 aromatic carbocycles.